The van der Waals surface area contributed by atoms with Crippen LogP contribution in [0, 0.1) is 18.7 Å². The van der Waals surface area contributed by atoms with Crippen molar-refractivity contribution >= 4 is 17.9 Å². The summed E-state index contributed by atoms with van der Waals surface area (Å²) < 4.78 is 15.4. The molecule has 2 aromatic carbocycles. The fourth-order valence-electron chi connectivity index (χ4n) is 3.86. The molecule has 0 unspecified atom stereocenters. The summed E-state index contributed by atoms with van der Waals surface area (Å²) in [4.78, 5) is 26.8. The van der Waals surface area contributed by atoms with Crippen LogP contribution in [0.4, 0.5) is 4.39 Å². The van der Waals surface area contributed by atoms with E-state index in [1.165, 1.54) is 6.07 Å². The number of amides is 2. The molecule has 3 aromatic rings. The molecule has 6 nitrogen and oxygen atoms in total. The van der Waals surface area contributed by atoms with E-state index < -0.39 is 0 Å². The van der Waals surface area contributed by atoms with E-state index in [1.807, 2.05) is 42.6 Å². The predicted molar refractivity (Wildman–Crippen MR) is 125 cm³/mol. The van der Waals surface area contributed by atoms with Gasteiger partial charge in [-0.05, 0) is 55.2 Å². The van der Waals surface area contributed by atoms with Gasteiger partial charge in [-0.25, -0.2) is 9.07 Å². The third kappa shape index (κ3) is 5.74. The highest BCUT2D eigenvalue weighted by molar-refractivity contribution is 5.92. The molecule has 7 heteroatoms. The first-order chi connectivity index (χ1) is 16.0. The maximum absolute atomic E-state index is 13.7. The average molecular weight is 447 g/mol. The number of hydrogen-bond acceptors (Lipinski definition) is 3. The lowest BCUT2D eigenvalue weighted by Gasteiger charge is -2.30. The maximum Gasteiger partial charge on any atom is 0.246 e. The minimum Gasteiger partial charge on any atom is -0.352 e. The van der Waals surface area contributed by atoms with Crippen molar-refractivity contribution in [2.75, 3.05) is 13.1 Å². The minimum atomic E-state index is -0.269. The number of halogens is 1. The number of carbonyl (C=O) groups excluding carboxylic acids is 2. The quantitative estimate of drug-likeness (QED) is 0.584. The summed E-state index contributed by atoms with van der Waals surface area (Å²) in [6.45, 7) is 3.07. The van der Waals surface area contributed by atoms with Crippen LogP contribution in [-0.2, 0) is 16.1 Å². The Labute approximate surface area is 192 Å². The van der Waals surface area contributed by atoms with Crippen LogP contribution in [0.3, 0.4) is 0 Å². The highest BCUT2D eigenvalue weighted by atomic mass is 19.1. The maximum atomic E-state index is 13.7. The smallest absolute Gasteiger partial charge is 0.246 e. The first-order valence-electron chi connectivity index (χ1n) is 11.1. The van der Waals surface area contributed by atoms with Gasteiger partial charge in [0.2, 0.25) is 11.8 Å². The largest absolute Gasteiger partial charge is 0.352 e. The Kier molecular flexibility index (Phi) is 6.98. The molecule has 0 saturated carbocycles. The van der Waals surface area contributed by atoms with Gasteiger partial charge < -0.3 is 10.2 Å². The summed E-state index contributed by atoms with van der Waals surface area (Å²) in [6, 6.07) is 14.7. The third-order valence-electron chi connectivity index (χ3n) is 5.92. The van der Waals surface area contributed by atoms with Crippen molar-refractivity contribution in [1.29, 1.82) is 0 Å². The zero-order valence-electron chi connectivity index (χ0n) is 18.6. The molecule has 1 fully saturated rings. The van der Waals surface area contributed by atoms with Crippen molar-refractivity contribution in [2.24, 2.45) is 5.92 Å². The van der Waals surface area contributed by atoms with Gasteiger partial charge in [0.15, 0.2) is 0 Å². The topological polar surface area (TPSA) is 67.2 Å². The third-order valence-corrected chi connectivity index (χ3v) is 5.92. The van der Waals surface area contributed by atoms with Crippen LogP contribution in [0.25, 0.3) is 11.8 Å². The fourth-order valence-corrected chi connectivity index (χ4v) is 3.86. The number of rotatable bonds is 6. The number of benzene rings is 2. The minimum absolute atomic E-state index is 0.0491. The number of hydrogen-bond donors (Lipinski definition) is 1. The van der Waals surface area contributed by atoms with Crippen LogP contribution >= 0.6 is 0 Å². The molecule has 0 atom stereocenters. The number of likely N-dealkylation sites (tertiary alicyclic amines) is 1. The van der Waals surface area contributed by atoms with Gasteiger partial charge in [0.1, 0.15) is 5.82 Å². The first-order valence-corrected chi connectivity index (χ1v) is 11.1. The van der Waals surface area contributed by atoms with Gasteiger partial charge in [-0.3, -0.25) is 9.59 Å². The summed E-state index contributed by atoms with van der Waals surface area (Å²) >= 11 is 0. The molecule has 1 N–H and O–H groups in total. The number of nitrogens with zero attached hydrogens (tertiary/aromatic N) is 3. The van der Waals surface area contributed by atoms with Crippen LogP contribution in [0.1, 0.15) is 29.5 Å². The Balaban J connectivity index is 1.24. The van der Waals surface area contributed by atoms with Gasteiger partial charge in [-0.2, -0.15) is 5.10 Å². The standard InChI is InChI=1S/C26H27FN4O2/c1-19-7-8-20(15-24(19)27)16-28-26(33)22-11-13-30(14-12-22)25(32)10-9-21-17-29-31(18-21)23-5-3-2-4-6-23/h2-10,15,17-18,22H,11-14,16H2,1H3,(H,28,33)/b10-9+. The number of carbonyl (C=O) groups is 2. The van der Waals surface area contributed by atoms with Gasteiger partial charge in [0.05, 0.1) is 11.9 Å². The average Bonchev–Trinajstić information content (AvgIpc) is 3.33. The highest BCUT2D eigenvalue weighted by Crippen LogP contribution is 2.19. The van der Waals surface area contributed by atoms with Crippen molar-refractivity contribution in [3.05, 3.63) is 89.5 Å². The monoisotopic (exact) mass is 446 g/mol. The van der Waals surface area contributed by atoms with E-state index in [2.05, 4.69) is 10.4 Å². The molecule has 2 heterocycles. The Morgan fingerprint density at radius 1 is 1.15 bits per heavy atom. The van der Waals surface area contributed by atoms with E-state index in [9.17, 15) is 14.0 Å². The molecular formula is C26H27FN4O2. The van der Waals surface area contributed by atoms with E-state index in [-0.39, 0.29) is 23.5 Å². The zero-order chi connectivity index (χ0) is 23.2. The van der Waals surface area contributed by atoms with Crippen LogP contribution in [0.2, 0.25) is 0 Å². The van der Waals surface area contributed by atoms with E-state index in [1.54, 1.807) is 40.9 Å². The van der Waals surface area contributed by atoms with Crippen LogP contribution < -0.4 is 5.32 Å². The van der Waals surface area contributed by atoms with Crippen molar-refractivity contribution in [3.63, 3.8) is 0 Å². The van der Waals surface area contributed by atoms with Crippen molar-refractivity contribution in [1.82, 2.24) is 20.0 Å². The summed E-state index contributed by atoms with van der Waals surface area (Å²) in [7, 11) is 0. The van der Waals surface area contributed by atoms with Crippen molar-refractivity contribution in [2.45, 2.75) is 26.3 Å². The Morgan fingerprint density at radius 2 is 1.91 bits per heavy atom. The molecule has 0 spiro atoms. The Morgan fingerprint density at radius 3 is 2.64 bits per heavy atom. The predicted octanol–water partition coefficient (Wildman–Crippen LogP) is 3.89. The molecule has 4 rings (SSSR count). The van der Waals surface area contributed by atoms with Crippen LogP contribution in [0.5, 0.6) is 0 Å². The number of aryl methyl sites for hydroxylation is 1. The van der Waals surface area contributed by atoms with Gasteiger partial charge >= 0.3 is 0 Å². The summed E-state index contributed by atoms with van der Waals surface area (Å²) in [5.41, 5.74) is 3.12. The van der Waals surface area contributed by atoms with Gasteiger partial charge in [0, 0.05) is 43.4 Å². The number of para-hydroxylation sites is 1. The molecular weight excluding hydrogens is 419 g/mol. The molecule has 1 saturated heterocycles. The first kappa shape index (κ1) is 22.5. The van der Waals surface area contributed by atoms with Gasteiger partial charge in [-0.15, -0.1) is 0 Å². The van der Waals surface area contributed by atoms with E-state index in [0.29, 0.717) is 38.0 Å². The molecule has 1 aliphatic heterocycles. The molecule has 0 aliphatic carbocycles. The molecule has 2 amide bonds. The summed E-state index contributed by atoms with van der Waals surface area (Å²) in [6.07, 6.45) is 8.12. The second-order valence-electron chi connectivity index (χ2n) is 8.29. The zero-order valence-corrected chi connectivity index (χ0v) is 18.6. The molecule has 170 valence electrons. The normalized spacial score (nSPS) is 14.5. The lowest BCUT2D eigenvalue weighted by molar-refractivity contribution is -0.132. The Hall–Kier alpha value is -3.74. The second-order valence-corrected chi connectivity index (χ2v) is 8.29. The fraction of sp³-hybridized carbons (Fsp3) is 0.269. The Bertz CT molecular complexity index is 1150. The van der Waals surface area contributed by atoms with Crippen LogP contribution in [-0.4, -0.2) is 39.6 Å². The number of nitrogens with one attached hydrogen (secondary N) is 1. The number of piperidine rings is 1. The van der Waals surface area contributed by atoms with Gasteiger partial charge in [0.25, 0.3) is 0 Å². The molecule has 1 aromatic heterocycles. The lowest BCUT2D eigenvalue weighted by atomic mass is 9.95. The van der Waals surface area contributed by atoms with Crippen LogP contribution in [0.15, 0.2) is 67.0 Å². The van der Waals surface area contributed by atoms with E-state index >= 15 is 0 Å². The second kappa shape index (κ2) is 10.3. The number of aromatic nitrogens is 2. The van der Waals surface area contributed by atoms with Crippen molar-refractivity contribution < 1.29 is 14.0 Å². The molecule has 33 heavy (non-hydrogen) atoms. The van der Waals surface area contributed by atoms with Crippen molar-refractivity contribution in [3.8, 4) is 5.69 Å². The van der Waals surface area contributed by atoms with Gasteiger partial charge in [-0.1, -0.05) is 30.3 Å². The molecule has 0 radical (unpaired) electrons. The summed E-state index contributed by atoms with van der Waals surface area (Å²) in [5.74, 6) is -0.533. The van der Waals surface area contributed by atoms with E-state index in [4.69, 9.17) is 0 Å². The SMILES string of the molecule is Cc1ccc(CNC(=O)C2CCN(C(=O)/C=C/c3cnn(-c4ccccc4)c3)CC2)cc1F. The van der Waals surface area contributed by atoms with E-state index in [0.717, 1.165) is 16.8 Å². The lowest BCUT2D eigenvalue weighted by Crippen LogP contribution is -2.42. The molecule has 0 bridgehead atoms. The summed E-state index contributed by atoms with van der Waals surface area (Å²) in [5, 5.41) is 7.22. The highest BCUT2D eigenvalue weighted by Gasteiger charge is 2.26. The molecule has 1 aliphatic rings.